The zero-order valence-electron chi connectivity index (χ0n) is 8.70. The van der Waals surface area contributed by atoms with Gasteiger partial charge in [-0.25, -0.2) is 0 Å². The molecule has 0 radical (unpaired) electrons. The molecule has 0 aromatic heterocycles. The van der Waals surface area contributed by atoms with Crippen molar-refractivity contribution >= 4 is 16.0 Å². The number of nitrogens with two attached hydrogens (primary N) is 1. The lowest BCUT2D eigenvalue weighted by Gasteiger charge is -2.19. The Kier molecular flexibility index (Phi) is 4.49. The summed E-state index contributed by atoms with van der Waals surface area (Å²) in [5.41, 5.74) is 5.10. The van der Waals surface area contributed by atoms with Crippen molar-refractivity contribution in [1.82, 2.24) is 9.03 Å². The summed E-state index contributed by atoms with van der Waals surface area (Å²) >= 11 is 0. The van der Waals surface area contributed by atoms with Crippen LogP contribution in [0.1, 0.15) is 25.7 Å². The zero-order valence-corrected chi connectivity index (χ0v) is 9.52. The van der Waals surface area contributed by atoms with Crippen LogP contribution in [-0.4, -0.2) is 38.2 Å². The Labute approximate surface area is 90.5 Å². The predicted molar refractivity (Wildman–Crippen MR) is 58.9 cm³/mol. The average Bonchev–Trinajstić information content (AvgIpc) is 2.43. The molecule has 1 heterocycles. The van der Waals surface area contributed by atoms with Crippen molar-refractivity contribution in [2.24, 2.45) is 5.73 Å². The van der Waals surface area contributed by atoms with E-state index in [0.29, 0.717) is 13.1 Å². The Morgan fingerprint density at radius 1 is 1.27 bits per heavy atom. The minimum Gasteiger partial charge on any atom is -0.387 e. The Morgan fingerprint density at radius 2 is 1.80 bits per heavy atom. The van der Waals surface area contributed by atoms with Crippen LogP contribution in [0.3, 0.4) is 0 Å². The fraction of sp³-hybridized carbons (Fsp3) is 0.875. The fourth-order valence-corrected chi connectivity index (χ4v) is 2.80. The van der Waals surface area contributed by atoms with E-state index in [1.54, 1.807) is 0 Å². The number of rotatable bonds is 4. The third-order valence-corrected chi connectivity index (χ3v) is 3.90. The van der Waals surface area contributed by atoms with E-state index in [0.717, 1.165) is 25.7 Å². The second kappa shape index (κ2) is 5.43. The zero-order chi connectivity index (χ0) is 11.3. The quantitative estimate of drug-likeness (QED) is 0.457. The first-order valence-corrected chi connectivity index (χ1v) is 6.54. The van der Waals surface area contributed by atoms with E-state index in [9.17, 15) is 8.42 Å². The van der Waals surface area contributed by atoms with Crippen LogP contribution in [0, 0.1) is 5.41 Å². The first-order valence-electron chi connectivity index (χ1n) is 5.10. The molecule has 0 aliphatic carbocycles. The monoisotopic (exact) mass is 234 g/mol. The minimum absolute atomic E-state index is 0.112. The van der Waals surface area contributed by atoms with Gasteiger partial charge in [0.05, 0.1) is 6.54 Å². The summed E-state index contributed by atoms with van der Waals surface area (Å²) in [5.74, 6) is -0.173. The van der Waals surface area contributed by atoms with E-state index in [2.05, 4.69) is 4.72 Å². The molecule has 0 aromatic rings. The van der Waals surface area contributed by atoms with Crippen LogP contribution in [0.2, 0.25) is 0 Å². The van der Waals surface area contributed by atoms with Crippen molar-refractivity contribution in [3.05, 3.63) is 0 Å². The van der Waals surface area contributed by atoms with Crippen molar-refractivity contribution < 1.29 is 8.42 Å². The molecule has 4 N–H and O–H groups in total. The molecular formula is C8H18N4O2S. The van der Waals surface area contributed by atoms with E-state index in [1.807, 2.05) is 0 Å². The van der Waals surface area contributed by atoms with Crippen molar-refractivity contribution in [2.45, 2.75) is 25.7 Å². The number of hydrogen-bond acceptors (Lipinski definition) is 3. The standard InChI is InChI=1S/C8H18N4O2S/c9-8(10)7-11-15(13,14)12-5-3-1-2-4-6-12/h11H,1-7H2,(H3,9,10). The summed E-state index contributed by atoms with van der Waals surface area (Å²) in [7, 11) is -3.44. The summed E-state index contributed by atoms with van der Waals surface area (Å²) in [4.78, 5) is 0. The molecule has 0 atom stereocenters. The molecule has 1 aliphatic rings. The lowest BCUT2D eigenvalue weighted by Crippen LogP contribution is -2.44. The Morgan fingerprint density at radius 3 is 2.27 bits per heavy atom. The highest BCUT2D eigenvalue weighted by atomic mass is 32.2. The summed E-state index contributed by atoms with van der Waals surface area (Å²) in [6.45, 7) is 1.01. The number of amidine groups is 1. The molecule has 0 amide bonds. The van der Waals surface area contributed by atoms with Crippen LogP contribution in [0.4, 0.5) is 0 Å². The van der Waals surface area contributed by atoms with Crippen LogP contribution < -0.4 is 10.5 Å². The van der Waals surface area contributed by atoms with Gasteiger partial charge in [-0.2, -0.15) is 17.4 Å². The van der Waals surface area contributed by atoms with Crippen molar-refractivity contribution in [3.63, 3.8) is 0 Å². The van der Waals surface area contributed by atoms with Gasteiger partial charge in [-0.15, -0.1) is 0 Å². The van der Waals surface area contributed by atoms with Gasteiger partial charge < -0.3 is 5.73 Å². The molecule has 0 saturated carbocycles. The van der Waals surface area contributed by atoms with Crippen molar-refractivity contribution in [3.8, 4) is 0 Å². The van der Waals surface area contributed by atoms with Crippen molar-refractivity contribution in [1.29, 1.82) is 5.41 Å². The Hall–Kier alpha value is -0.660. The first kappa shape index (κ1) is 12.4. The summed E-state index contributed by atoms with van der Waals surface area (Å²) in [6.07, 6.45) is 3.97. The average molecular weight is 234 g/mol. The van der Waals surface area contributed by atoms with E-state index < -0.39 is 10.2 Å². The van der Waals surface area contributed by atoms with Crippen molar-refractivity contribution in [2.75, 3.05) is 19.6 Å². The van der Waals surface area contributed by atoms with E-state index in [1.165, 1.54) is 4.31 Å². The smallest absolute Gasteiger partial charge is 0.279 e. The van der Waals surface area contributed by atoms with E-state index in [4.69, 9.17) is 11.1 Å². The van der Waals surface area contributed by atoms with Crippen LogP contribution in [0.25, 0.3) is 0 Å². The highest BCUT2D eigenvalue weighted by Crippen LogP contribution is 2.11. The molecule has 1 aliphatic heterocycles. The maximum absolute atomic E-state index is 11.7. The highest BCUT2D eigenvalue weighted by molar-refractivity contribution is 7.87. The molecule has 1 rings (SSSR count). The topological polar surface area (TPSA) is 99.3 Å². The maximum Gasteiger partial charge on any atom is 0.279 e. The molecule has 7 heteroatoms. The van der Waals surface area contributed by atoms with Gasteiger partial charge in [0.2, 0.25) is 0 Å². The van der Waals surface area contributed by atoms with Gasteiger partial charge in [0, 0.05) is 13.1 Å². The normalized spacial score (nSPS) is 19.7. The predicted octanol–water partition coefficient (Wildman–Crippen LogP) is -0.367. The molecule has 6 nitrogen and oxygen atoms in total. The molecule has 0 aromatic carbocycles. The van der Waals surface area contributed by atoms with E-state index in [-0.39, 0.29) is 12.4 Å². The second-order valence-electron chi connectivity index (χ2n) is 3.66. The van der Waals surface area contributed by atoms with Gasteiger partial charge in [0.1, 0.15) is 5.84 Å². The minimum atomic E-state index is -3.44. The number of nitrogens with one attached hydrogen (secondary N) is 2. The molecule has 0 unspecified atom stereocenters. The van der Waals surface area contributed by atoms with Crippen LogP contribution in [0.5, 0.6) is 0 Å². The molecule has 1 fully saturated rings. The maximum atomic E-state index is 11.7. The molecule has 1 saturated heterocycles. The van der Waals surface area contributed by atoms with E-state index >= 15 is 0 Å². The lowest BCUT2D eigenvalue weighted by molar-refractivity contribution is 0.417. The fourth-order valence-electron chi connectivity index (χ4n) is 1.54. The molecule has 88 valence electrons. The second-order valence-corrected chi connectivity index (χ2v) is 5.42. The van der Waals surface area contributed by atoms with Gasteiger partial charge in [0.15, 0.2) is 0 Å². The summed E-state index contributed by atoms with van der Waals surface area (Å²) in [5, 5.41) is 6.96. The van der Waals surface area contributed by atoms with Gasteiger partial charge >= 0.3 is 0 Å². The van der Waals surface area contributed by atoms with Gasteiger partial charge in [0.25, 0.3) is 10.2 Å². The largest absolute Gasteiger partial charge is 0.387 e. The highest BCUT2D eigenvalue weighted by Gasteiger charge is 2.22. The van der Waals surface area contributed by atoms with Gasteiger partial charge in [-0.1, -0.05) is 12.8 Å². The molecular weight excluding hydrogens is 216 g/mol. The summed E-state index contributed by atoms with van der Waals surface area (Å²) in [6, 6.07) is 0. The van der Waals surface area contributed by atoms with Crippen LogP contribution in [-0.2, 0) is 10.2 Å². The molecule has 0 bridgehead atoms. The third kappa shape index (κ3) is 4.15. The molecule has 15 heavy (non-hydrogen) atoms. The summed E-state index contributed by atoms with van der Waals surface area (Å²) < 4.78 is 27.1. The van der Waals surface area contributed by atoms with Gasteiger partial charge in [-0.05, 0) is 12.8 Å². The third-order valence-electron chi connectivity index (χ3n) is 2.35. The van der Waals surface area contributed by atoms with Crippen LogP contribution >= 0.6 is 0 Å². The number of hydrogen-bond donors (Lipinski definition) is 3. The first-order chi connectivity index (χ1) is 7.02. The Balaban J connectivity index is 2.54. The van der Waals surface area contributed by atoms with Crippen LogP contribution in [0.15, 0.2) is 0 Å². The number of nitrogens with zero attached hydrogens (tertiary/aromatic N) is 1. The SMILES string of the molecule is N=C(N)CNS(=O)(=O)N1CCCCCC1. The molecule has 0 spiro atoms. The Bertz CT molecular complexity index is 307. The lowest BCUT2D eigenvalue weighted by atomic mass is 10.2. The van der Waals surface area contributed by atoms with Gasteiger partial charge in [-0.3, -0.25) is 5.41 Å².